The molecule has 1 atom stereocenters. The number of H-pyrrole nitrogens is 1. The molecule has 0 saturated heterocycles. The Labute approximate surface area is 216 Å². The molecule has 9 nitrogen and oxygen atoms in total. The molecular formula is C24H26ClF3N6O3. The molecule has 0 radical (unpaired) electrons. The first-order valence-electron chi connectivity index (χ1n) is 11.1. The van der Waals surface area contributed by atoms with Gasteiger partial charge < -0.3 is 25.4 Å². The lowest BCUT2D eigenvalue weighted by Gasteiger charge is -2.24. The molecule has 4 N–H and O–H groups in total. The maximum atomic E-state index is 13.9. The largest absolute Gasteiger partial charge is 0.492 e. The van der Waals surface area contributed by atoms with E-state index >= 15 is 0 Å². The maximum absolute atomic E-state index is 13.9. The SMILES string of the molecule is CN(CCOc1ccc(C2=C(C(F)(F)F)C#CC(Nc3n[nH]c(N)n3)C=C2Cl)cc1)C(=O)OC(C)(C)C. The van der Waals surface area contributed by atoms with Gasteiger partial charge >= 0.3 is 12.3 Å². The van der Waals surface area contributed by atoms with Crippen LogP contribution in [0.2, 0.25) is 0 Å². The van der Waals surface area contributed by atoms with Gasteiger partial charge in [-0.05, 0) is 44.5 Å². The number of carbonyl (C=O) groups is 1. The minimum Gasteiger partial charge on any atom is -0.492 e. The van der Waals surface area contributed by atoms with E-state index in [1.807, 2.05) is 0 Å². The lowest BCUT2D eigenvalue weighted by molar-refractivity contribution is -0.0865. The Hall–Kier alpha value is -3.85. The summed E-state index contributed by atoms with van der Waals surface area (Å²) in [6.45, 7) is 5.69. The molecular weight excluding hydrogens is 513 g/mol. The van der Waals surface area contributed by atoms with E-state index in [1.54, 1.807) is 27.8 Å². The number of anilines is 2. The number of carbonyl (C=O) groups excluding carboxylic acids is 1. The molecule has 1 unspecified atom stereocenters. The molecule has 1 heterocycles. The van der Waals surface area contributed by atoms with Gasteiger partial charge in [-0.3, -0.25) is 0 Å². The molecule has 0 bridgehead atoms. The number of rotatable bonds is 7. The van der Waals surface area contributed by atoms with Crippen molar-refractivity contribution < 1.29 is 27.4 Å². The fourth-order valence-corrected chi connectivity index (χ4v) is 3.43. The van der Waals surface area contributed by atoms with Crippen molar-refractivity contribution in [3.63, 3.8) is 0 Å². The standard InChI is InChI=1S/C24H26ClF3N6O3/c1-23(2,3)37-22(35)34(4)11-12-36-16-8-5-14(6-9-16)19-17(24(26,27)28)10-7-15(13-18(19)25)30-21-31-20(29)32-33-21/h5-6,8-9,13,15H,11-12H2,1-4H3,(H4,29,30,31,32,33). The van der Waals surface area contributed by atoms with Crippen molar-refractivity contribution in [2.24, 2.45) is 0 Å². The molecule has 0 fully saturated rings. The number of aromatic amines is 1. The average Bonchev–Trinajstić information content (AvgIpc) is 3.10. The quantitative estimate of drug-likeness (QED) is 0.442. The summed E-state index contributed by atoms with van der Waals surface area (Å²) in [5, 5.41) is 8.80. The molecule has 1 amide bonds. The number of allylic oxidation sites excluding steroid dienone is 3. The highest BCUT2D eigenvalue weighted by atomic mass is 35.5. The van der Waals surface area contributed by atoms with Crippen LogP contribution in [0.1, 0.15) is 26.3 Å². The summed E-state index contributed by atoms with van der Waals surface area (Å²) in [4.78, 5) is 17.2. The van der Waals surface area contributed by atoms with E-state index in [4.69, 9.17) is 26.8 Å². The Morgan fingerprint density at radius 2 is 1.95 bits per heavy atom. The summed E-state index contributed by atoms with van der Waals surface area (Å²) < 4.78 is 52.6. The fraction of sp³-hybridized carbons (Fsp3) is 0.375. The monoisotopic (exact) mass is 538 g/mol. The smallest absolute Gasteiger partial charge is 0.424 e. The van der Waals surface area contributed by atoms with Gasteiger partial charge in [-0.25, -0.2) is 9.89 Å². The van der Waals surface area contributed by atoms with Crippen LogP contribution >= 0.6 is 11.6 Å². The van der Waals surface area contributed by atoms with Crippen LogP contribution in [-0.2, 0) is 4.74 Å². The van der Waals surface area contributed by atoms with Crippen molar-refractivity contribution in [2.75, 3.05) is 31.2 Å². The number of nitrogen functional groups attached to an aromatic ring is 1. The van der Waals surface area contributed by atoms with Gasteiger partial charge in [0.05, 0.1) is 6.54 Å². The lowest BCUT2D eigenvalue weighted by Crippen LogP contribution is -2.36. The maximum Gasteiger partial charge on any atom is 0.424 e. The number of hydrogen-bond donors (Lipinski definition) is 3. The summed E-state index contributed by atoms with van der Waals surface area (Å²) in [6, 6.07) is 5.03. The third kappa shape index (κ3) is 7.82. The Kier molecular flexibility index (Phi) is 8.28. The third-order valence-corrected chi connectivity index (χ3v) is 5.08. The van der Waals surface area contributed by atoms with Crippen molar-refractivity contribution in [3.8, 4) is 17.6 Å². The van der Waals surface area contributed by atoms with Crippen LogP contribution in [0.25, 0.3) is 5.57 Å². The fourth-order valence-electron chi connectivity index (χ4n) is 3.10. The number of nitrogens with zero attached hydrogens (tertiary/aromatic N) is 3. The molecule has 2 aromatic rings. The number of alkyl halides is 3. The first-order valence-corrected chi connectivity index (χ1v) is 11.4. The molecule has 1 aliphatic carbocycles. The number of halogens is 4. The van der Waals surface area contributed by atoms with Gasteiger partial charge in [0.2, 0.25) is 11.9 Å². The Balaban J connectivity index is 1.74. The summed E-state index contributed by atoms with van der Waals surface area (Å²) in [5.41, 5.74) is 3.70. The van der Waals surface area contributed by atoms with Gasteiger partial charge in [0, 0.05) is 17.7 Å². The second kappa shape index (κ2) is 11.0. The van der Waals surface area contributed by atoms with Crippen LogP contribution in [0.4, 0.5) is 29.9 Å². The highest BCUT2D eigenvalue weighted by molar-refractivity contribution is 6.37. The lowest BCUT2D eigenvalue weighted by atomic mass is 9.99. The first-order chi connectivity index (χ1) is 17.2. The van der Waals surface area contributed by atoms with Crippen LogP contribution in [0.5, 0.6) is 5.75 Å². The first kappa shape index (κ1) is 27.7. The Morgan fingerprint density at radius 3 is 2.51 bits per heavy atom. The minimum absolute atomic E-state index is 0.0349. The zero-order valence-electron chi connectivity index (χ0n) is 20.5. The second-order valence-electron chi connectivity index (χ2n) is 8.97. The number of nitrogens with one attached hydrogen (secondary N) is 2. The van der Waals surface area contributed by atoms with Gasteiger partial charge in [0.1, 0.15) is 29.6 Å². The molecule has 1 aliphatic rings. The molecule has 37 heavy (non-hydrogen) atoms. The molecule has 1 aromatic carbocycles. The predicted octanol–water partition coefficient (Wildman–Crippen LogP) is 4.57. The van der Waals surface area contributed by atoms with E-state index in [-0.39, 0.29) is 41.2 Å². The van der Waals surface area contributed by atoms with Crippen LogP contribution < -0.4 is 15.8 Å². The van der Waals surface area contributed by atoms with E-state index in [9.17, 15) is 18.0 Å². The van der Waals surface area contributed by atoms with Crippen molar-refractivity contribution in [1.82, 2.24) is 20.1 Å². The predicted molar refractivity (Wildman–Crippen MR) is 134 cm³/mol. The number of ether oxygens (including phenoxy) is 2. The van der Waals surface area contributed by atoms with Gasteiger partial charge in [-0.2, -0.15) is 18.2 Å². The zero-order chi connectivity index (χ0) is 27.4. The highest BCUT2D eigenvalue weighted by Gasteiger charge is 2.37. The number of amides is 1. The van der Waals surface area contributed by atoms with Crippen molar-refractivity contribution in [2.45, 2.75) is 38.6 Å². The van der Waals surface area contributed by atoms with Crippen LogP contribution in [0, 0.1) is 11.8 Å². The van der Waals surface area contributed by atoms with Crippen molar-refractivity contribution in [3.05, 3.63) is 46.5 Å². The molecule has 0 aliphatic heterocycles. The molecule has 0 saturated carbocycles. The van der Waals surface area contributed by atoms with Crippen LogP contribution in [0.3, 0.4) is 0 Å². The average molecular weight is 539 g/mol. The number of benzene rings is 1. The summed E-state index contributed by atoms with van der Waals surface area (Å²) >= 11 is 6.35. The van der Waals surface area contributed by atoms with Gasteiger partial charge in [-0.15, -0.1) is 5.10 Å². The van der Waals surface area contributed by atoms with Crippen molar-refractivity contribution in [1.29, 1.82) is 0 Å². The Bertz CT molecular complexity index is 1250. The van der Waals surface area contributed by atoms with Gasteiger partial charge in [0.15, 0.2) is 0 Å². The third-order valence-electron chi connectivity index (χ3n) is 4.77. The second-order valence-corrected chi connectivity index (χ2v) is 9.38. The number of likely N-dealkylation sites (N-methyl/N-ethyl adjacent to an activating group) is 1. The normalized spacial score (nSPS) is 15.8. The van der Waals surface area contributed by atoms with E-state index in [0.29, 0.717) is 5.75 Å². The van der Waals surface area contributed by atoms with Crippen LogP contribution in [0.15, 0.2) is 40.9 Å². The van der Waals surface area contributed by atoms with Gasteiger partial charge in [-0.1, -0.05) is 35.6 Å². The minimum atomic E-state index is -4.75. The van der Waals surface area contributed by atoms with Crippen molar-refractivity contribution >= 4 is 35.2 Å². The molecule has 0 spiro atoms. The molecule has 3 rings (SSSR count). The zero-order valence-corrected chi connectivity index (χ0v) is 21.3. The molecule has 198 valence electrons. The summed E-state index contributed by atoms with van der Waals surface area (Å²) in [6.07, 6.45) is -3.90. The number of nitrogens with two attached hydrogens (primary N) is 1. The molecule has 13 heteroatoms. The number of hydrogen-bond acceptors (Lipinski definition) is 7. The topological polar surface area (TPSA) is 118 Å². The van der Waals surface area contributed by atoms with Crippen LogP contribution in [-0.4, -0.2) is 64.2 Å². The molecule has 1 aromatic heterocycles. The number of aromatic nitrogens is 3. The Morgan fingerprint density at radius 1 is 1.27 bits per heavy atom. The highest BCUT2D eigenvalue weighted by Crippen LogP contribution is 2.39. The van der Waals surface area contributed by atoms with E-state index in [0.717, 1.165) is 0 Å². The van der Waals surface area contributed by atoms with Gasteiger partial charge in [0.25, 0.3) is 0 Å². The van der Waals surface area contributed by atoms with E-state index in [2.05, 4.69) is 32.3 Å². The summed E-state index contributed by atoms with van der Waals surface area (Å²) in [5.74, 6) is 5.19. The summed E-state index contributed by atoms with van der Waals surface area (Å²) in [7, 11) is 1.58. The van der Waals surface area contributed by atoms with E-state index < -0.39 is 29.5 Å². The van der Waals surface area contributed by atoms with E-state index in [1.165, 1.54) is 35.2 Å².